The van der Waals surface area contributed by atoms with Crippen molar-refractivity contribution in [2.45, 2.75) is 114 Å². The predicted octanol–water partition coefficient (Wildman–Crippen LogP) is 5.71. The number of phenols is 3. The molecule has 6 bridgehead atoms. The van der Waals surface area contributed by atoms with Crippen LogP contribution in [0.5, 0.6) is 17.2 Å². The van der Waals surface area contributed by atoms with Crippen LogP contribution >= 0.6 is 0 Å². The number of hydrogen-bond donors (Lipinski definition) is 6. The number of aliphatic hydroxyl groups excluding tert-OH is 3. The summed E-state index contributed by atoms with van der Waals surface area (Å²) in [7, 11) is 0. The largest absolute Gasteiger partial charge is 0.507 e. The molecular formula is C57H42O21. The van der Waals surface area contributed by atoms with Crippen LogP contribution in [-0.2, 0) is 64.7 Å². The van der Waals surface area contributed by atoms with E-state index in [-0.39, 0.29) is 102 Å². The van der Waals surface area contributed by atoms with Gasteiger partial charge in [0.1, 0.15) is 72.7 Å². The van der Waals surface area contributed by atoms with Crippen LogP contribution in [0, 0.1) is 0 Å². The fourth-order valence-corrected chi connectivity index (χ4v) is 13.0. The average molecular weight is 1060 g/mol. The number of rotatable bonds is 3. The van der Waals surface area contributed by atoms with Crippen molar-refractivity contribution in [3.05, 3.63) is 154 Å². The third-order valence-corrected chi connectivity index (χ3v) is 17.1. The summed E-state index contributed by atoms with van der Waals surface area (Å²) in [6.45, 7) is 3.79. The molecule has 21 nitrogen and oxygen atoms in total. The third kappa shape index (κ3) is 6.13. The van der Waals surface area contributed by atoms with Gasteiger partial charge in [-0.1, -0.05) is 0 Å². The zero-order valence-corrected chi connectivity index (χ0v) is 41.4. The SMILES string of the molecule is C[C@@]12CC[C@@H](OC1=O)c1c2cc(O)c2c1C(=O)c1oc(CO)cc1C2=O.C[C@@]12CC[C@@H](OC1=O)c1c2cc(O)c2c1C(=O)c1oc(CO)cc1C2=O.C[C@@]12CC[C@@H](OC1=O)c1c2cc(O)c2c1C(=O)c1oc(CO)cc1C2=O. The lowest BCUT2D eigenvalue weighted by atomic mass is 9.65. The van der Waals surface area contributed by atoms with Crippen molar-refractivity contribution in [1.29, 1.82) is 0 Å². The highest BCUT2D eigenvalue weighted by atomic mass is 16.6. The normalized spacial score (nSPS) is 25.6. The van der Waals surface area contributed by atoms with E-state index in [9.17, 15) is 73.8 Å². The molecule has 6 aromatic rings. The first-order valence-corrected chi connectivity index (χ1v) is 24.9. The minimum absolute atomic E-state index is 0.0194. The fraction of sp³-hybridized carbons (Fsp3) is 0.316. The van der Waals surface area contributed by atoms with Crippen molar-refractivity contribution in [2.24, 2.45) is 0 Å². The van der Waals surface area contributed by atoms with Crippen LogP contribution in [0.2, 0.25) is 0 Å². The second-order valence-corrected chi connectivity index (χ2v) is 21.4. The lowest BCUT2D eigenvalue weighted by Gasteiger charge is -2.45. The summed E-state index contributed by atoms with van der Waals surface area (Å²) in [6, 6.07) is 8.15. The van der Waals surface area contributed by atoms with Crippen molar-refractivity contribution in [2.75, 3.05) is 0 Å². The van der Waals surface area contributed by atoms with Gasteiger partial charge in [0.2, 0.25) is 34.7 Å². The maximum Gasteiger partial charge on any atom is 0.316 e. The van der Waals surface area contributed by atoms with E-state index in [1.54, 1.807) is 20.8 Å². The minimum Gasteiger partial charge on any atom is -0.507 e. The standard InChI is InChI=1S/3C19H14O7/c3*1-19-3-2-11(26-18(19)24)12-9(19)5-10(21)13-14(12)16(23)17-8(15(13)22)4-7(6-20)25-17/h3*4-5,11,20-21H,2-3,6H2,1H3/t3*11-,19+/m111/s1. The van der Waals surface area contributed by atoms with Gasteiger partial charge in [0, 0.05) is 33.4 Å². The molecule has 0 unspecified atom stereocenters. The Hall–Kier alpha value is -8.79. The van der Waals surface area contributed by atoms with Gasteiger partial charge in [0.05, 0.1) is 49.6 Å². The van der Waals surface area contributed by atoms with Crippen LogP contribution in [0.4, 0.5) is 0 Å². The maximum atomic E-state index is 13.1. The number of phenolic OH excluding ortho intramolecular Hbond substituents is 3. The van der Waals surface area contributed by atoms with Crippen LogP contribution in [0.1, 0.15) is 224 Å². The Morgan fingerprint density at radius 3 is 0.885 bits per heavy atom. The second-order valence-electron chi connectivity index (χ2n) is 21.4. The van der Waals surface area contributed by atoms with Crippen molar-refractivity contribution < 1.29 is 101 Å². The van der Waals surface area contributed by atoms with Gasteiger partial charge in [-0.05, 0) is 112 Å². The first-order valence-electron chi connectivity index (χ1n) is 24.9. The van der Waals surface area contributed by atoms with Crippen LogP contribution in [0.15, 0.2) is 49.6 Å². The molecule has 0 radical (unpaired) electrons. The number of hydrogen-bond acceptors (Lipinski definition) is 21. The van der Waals surface area contributed by atoms with Gasteiger partial charge >= 0.3 is 17.9 Å². The molecule has 0 spiro atoms. The Labute approximate surface area is 437 Å². The van der Waals surface area contributed by atoms with Crippen LogP contribution < -0.4 is 0 Å². The van der Waals surface area contributed by atoms with E-state index in [2.05, 4.69) is 0 Å². The molecule has 6 aliphatic carbocycles. The number of benzene rings is 3. The van der Waals surface area contributed by atoms with Crippen molar-refractivity contribution in [3.8, 4) is 17.2 Å². The Kier molecular flexibility index (Phi) is 10.1. The molecule has 396 valence electrons. The average Bonchev–Trinajstić information content (AvgIpc) is 4.31. The Balaban J connectivity index is 0.000000111. The fourth-order valence-electron chi connectivity index (χ4n) is 13.0. The first-order chi connectivity index (χ1) is 37.1. The second kappa shape index (κ2) is 16.1. The molecule has 3 aromatic heterocycles. The topological polar surface area (TPSA) is 342 Å². The molecule has 3 saturated heterocycles. The molecule has 0 saturated carbocycles. The van der Waals surface area contributed by atoms with Crippen molar-refractivity contribution in [3.63, 3.8) is 0 Å². The van der Waals surface area contributed by atoms with Gasteiger partial charge in [-0.25, -0.2) is 0 Å². The minimum atomic E-state index is -0.959. The van der Waals surface area contributed by atoms with E-state index in [0.717, 1.165) is 0 Å². The van der Waals surface area contributed by atoms with E-state index in [1.807, 2.05) is 0 Å². The van der Waals surface area contributed by atoms with E-state index in [1.165, 1.54) is 36.4 Å². The summed E-state index contributed by atoms with van der Waals surface area (Å²) < 4.78 is 32.4. The van der Waals surface area contributed by atoms with E-state index in [0.29, 0.717) is 71.9 Å². The molecule has 6 aliphatic heterocycles. The van der Waals surface area contributed by atoms with Gasteiger partial charge < -0.3 is 58.1 Å². The van der Waals surface area contributed by atoms with E-state index in [4.69, 9.17) is 27.5 Å². The van der Waals surface area contributed by atoms with Crippen LogP contribution in [-0.4, -0.2) is 83.2 Å². The molecular weight excluding hydrogens is 1020 g/mol. The Morgan fingerprint density at radius 2 is 0.654 bits per heavy atom. The van der Waals surface area contributed by atoms with Crippen LogP contribution in [0.25, 0.3) is 0 Å². The van der Waals surface area contributed by atoms with Gasteiger partial charge in [-0.3, -0.25) is 43.2 Å². The summed E-state index contributed by atoms with van der Waals surface area (Å²) in [4.78, 5) is 115. The monoisotopic (exact) mass is 1060 g/mol. The number of furan rings is 3. The number of ketones is 6. The predicted molar refractivity (Wildman–Crippen MR) is 255 cm³/mol. The van der Waals surface area contributed by atoms with Gasteiger partial charge in [0.15, 0.2) is 17.3 Å². The first kappa shape index (κ1) is 48.8. The van der Waals surface area contributed by atoms with Gasteiger partial charge in [0.25, 0.3) is 0 Å². The molecule has 3 fully saturated rings. The highest BCUT2D eigenvalue weighted by Crippen LogP contribution is 2.57. The Bertz CT molecular complexity index is 3530. The number of aromatic hydroxyl groups is 3. The van der Waals surface area contributed by atoms with E-state index >= 15 is 0 Å². The number of carbonyl (C=O) groups excluding carboxylic acids is 9. The maximum absolute atomic E-state index is 13.1. The van der Waals surface area contributed by atoms with Gasteiger partial charge in [-0.15, -0.1) is 0 Å². The summed E-state index contributed by atoms with van der Waals surface area (Å²) in [5, 5.41) is 59.3. The van der Waals surface area contributed by atoms with Gasteiger partial charge in [-0.2, -0.15) is 0 Å². The Morgan fingerprint density at radius 1 is 0.397 bits per heavy atom. The summed E-state index contributed by atoms with van der Waals surface area (Å²) in [5.74, 6) is -5.65. The van der Waals surface area contributed by atoms with Crippen molar-refractivity contribution >= 4 is 52.6 Å². The summed E-state index contributed by atoms with van der Waals surface area (Å²) in [5.41, 5.74) is 0.0443. The number of aliphatic hydroxyl groups is 3. The zero-order valence-electron chi connectivity index (χ0n) is 41.4. The van der Waals surface area contributed by atoms with E-state index < -0.39 is 107 Å². The number of carbonyl (C=O) groups is 9. The highest BCUT2D eigenvalue weighted by molar-refractivity contribution is 6.31. The molecule has 18 rings (SSSR count). The molecule has 12 aliphatic rings. The molecule has 6 atom stereocenters. The third-order valence-electron chi connectivity index (χ3n) is 17.1. The zero-order chi connectivity index (χ0) is 55.1. The number of fused-ring (bicyclic) bond motifs is 12. The molecule has 0 amide bonds. The number of ether oxygens (including phenoxy) is 3. The molecule has 78 heavy (non-hydrogen) atoms. The highest BCUT2D eigenvalue weighted by Gasteiger charge is 2.57. The summed E-state index contributed by atoms with van der Waals surface area (Å²) in [6.07, 6.45) is 1.39. The lowest BCUT2D eigenvalue weighted by molar-refractivity contribution is -0.167. The summed E-state index contributed by atoms with van der Waals surface area (Å²) >= 11 is 0. The molecule has 3 aromatic carbocycles. The lowest BCUT2D eigenvalue weighted by Crippen LogP contribution is -2.46. The smallest absolute Gasteiger partial charge is 0.316 e. The quantitative estimate of drug-likeness (QED) is 0.0911. The van der Waals surface area contributed by atoms with Crippen molar-refractivity contribution in [1.82, 2.24) is 0 Å². The molecule has 21 heteroatoms. The van der Waals surface area contributed by atoms with Crippen LogP contribution in [0.3, 0.4) is 0 Å². The molecule has 6 N–H and O–H groups in total. The number of esters is 3. The molecule has 9 heterocycles.